The van der Waals surface area contributed by atoms with Crippen molar-refractivity contribution in [3.05, 3.63) is 29.6 Å². The highest BCUT2D eigenvalue weighted by atomic mass is 19.1. The maximum atomic E-state index is 13.3. The van der Waals surface area contributed by atoms with Crippen molar-refractivity contribution in [3.63, 3.8) is 0 Å². The molecule has 108 valence electrons. The summed E-state index contributed by atoms with van der Waals surface area (Å²) in [5, 5.41) is 3.38. The zero-order chi connectivity index (χ0) is 13.7. The first kappa shape index (κ1) is 12.6. The van der Waals surface area contributed by atoms with Gasteiger partial charge in [-0.15, -0.1) is 0 Å². The monoisotopic (exact) mass is 275 g/mol. The topological polar surface area (TPSA) is 21.3 Å². The quantitative estimate of drug-likeness (QED) is 0.911. The van der Waals surface area contributed by atoms with E-state index in [0.29, 0.717) is 5.41 Å². The number of halogens is 1. The Hall–Kier alpha value is -1.09. The van der Waals surface area contributed by atoms with Crippen LogP contribution in [0.3, 0.4) is 0 Å². The van der Waals surface area contributed by atoms with Crippen LogP contribution in [0.2, 0.25) is 0 Å². The van der Waals surface area contributed by atoms with E-state index in [2.05, 4.69) is 5.32 Å². The summed E-state index contributed by atoms with van der Waals surface area (Å²) < 4.78 is 19.3. The van der Waals surface area contributed by atoms with Gasteiger partial charge in [-0.05, 0) is 68.2 Å². The molecule has 4 rings (SSSR count). The van der Waals surface area contributed by atoms with E-state index in [0.717, 1.165) is 42.5 Å². The molecule has 1 aliphatic heterocycles. The van der Waals surface area contributed by atoms with E-state index in [1.165, 1.54) is 25.3 Å². The maximum absolute atomic E-state index is 13.3. The van der Waals surface area contributed by atoms with Gasteiger partial charge in [0.05, 0.1) is 0 Å². The zero-order valence-electron chi connectivity index (χ0n) is 12.0. The fraction of sp³-hybridized carbons (Fsp3) is 0.647. The first-order valence-electron chi connectivity index (χ1n) is 7.77. The number of hydrogen-bond acceptors (Lipinski definition) is 2. The molecule has 0 radical (unpaired) electrons. The van der Waals surface area contributed by atoms with Crippen molar-refractivity contribution in [1.29, 1.82) is 0 Å². The Labute approximate surface area is 119 Å². The van der Waals surface area contributed by atoms with E-state index < -0.39 is 0 Å². The molecule has 2 saturated carbocycles. The van der Waals surface area contributed by atoms with Gasteiger partial charge in [0.1, 0.15) is 17.7 Å². The van der Waals surface area contributed by atoms with Crippen LogP contribution in [0.25, 0.3) is 0 Å². The third-order valence-electron chi connectivity index (χ3n) is 5.44. The molecule has 0 amide bonds. The largest absolute Gasteiger partial charge is 0.490 e. The standard InChI is InChI=1S/C17H22FNO/c1-19-10-17(7-12-4-13(12)8-17)9-15-6-11-5-14(18)2-3-16(11)20-15/h2-3,5,12-13,15,19H,4,6-10H2,1H3. The minimum Gasteiger partial charge on any atom is -0.490 e. The lowest BCUT2D eigenvalue weighted by Crippen LogP contribution is -2.36. The summed E-state index contributed by atoms with van der Waals surface area (Å²) in [4.78, 5) is 0. The van der Waals surface area contributed by atoms with Crippen LogP contribution in [0, 0.1) is 23.1 Å². The van der Waals surface area contributed by atoms with E-state index >= 15 is 0 Å². The van der Waals surface area contributed by atoms with Gasteiger partial charge in [-0.3, -0.25) is 0 Å². The van der Waals surface area contributed by atoms with Gasteiger partial charge in [0.2, 0.25) is 0 Å². The molecule has 0 aromatic heterocycles. The van der Waals surface area contributed by atoms with Gasteiger partial charge in [-0.2, -0.15) is 0 Å². The molecule has 0 saturated heterocycles. The summed E-state index contributed by atoms with van der Waals surface area (Å²) in [6.07, 6.45) is 6.36. The predicted molar refractivity (Wildman–Crippen MR) is 76.3 cm³/mol. The Kier molecular flexibility index (Phi) is 2.81. The summed E-state index contributed by atoms with van der Waals surface area (Å²) in [5.41, 5.74) is 1.45. The Morgan fingerprint density at radius 2 is 2.15 bits per heavy atom. The molecular weight excluding hydrogens is 253 g/mol. The maximum Gasteiger partial charge on any atom is 0.123 e. The van der Waals surface area contributed by atoms with Crippen LogP contribution >= 0.6 is 0 Å². The fourth-order valence-corrected chi connectivity index (χ4v) is 4.65. The number of nitrogens with one attached hydrogen (secondary N) is 1. The molecule has 20 heavy (non-hydrogen) atoms. The lowest BCUT2D eigenvalue weighted by atomic mass is 9.77. The van der Waals surface area contributed by atoms with E-state index in [-0.39, 0.29) is 11.9 Å². The van der Waals surface area contributed by atoms with Crippen LogP contribution < -0.4 is 10.1 Å². The SMILES string of the molecule is CNCC1(CC2Cc3cc(F)ccc3O2)CC2CC2C1. The van der Waals surface area contributed by atoms with Crippen LogP contribution in [0.5, 0.6) is 5.75 Å². The lowest BCUT2D eigenvalue weighted by molar-refractivity contribution is 0.126. The van der Waals surface area contributed by atoms with Gasteiger partial charge in [0, 0.05) is 18.5 Å². The van der Waals surface area contributed by atoms with Crippen LogP contribution in [0.15, 0.2) is 18.2 Å². The molecule has 3 aliphatic rings. The van der Waals surface area contributed by atoms with E-state index in [9.17, 15) is 4.39 Å². The number of ether oxygens (including phenoxy) is 1. The number of benzene rings is 1. The van der Waals surface area contributed by atoms with Gasteiger partial charge in [0.25, 0.3) is 0 Å². The molecule has 2 fully saturated rings. The van der Waals surface area contributed by atoms with Crippen LogP contribution in [0.1, 0.15) is 31.2 Å². The first-order chi connectivity index (χ1) is 9.67. The summed E-state index contributed by atoms with van der Waals surface area (Å²) in [6.45, 7) is 1.09. The molecule has 1 N–H and O–H groups in total. The molecule has 3 atom stereocenters. The Morgan fingerprint density at radius 3 is 2.90 bits per heavy atom. The lowest BCUT2D eigenvalue weighted by Gasteiger charge is -2.33. The molecule has 0 spiro atoms. The second kappa shape index (κ2) is 4.45. The van der Waals surface area contributed by atoms with Crippen LogP contribution in [0.4, 0.5) is 4.39 Å². The van der Waals surface area contributed by atoms with Crippen molar-refractivity contribution in [2.24, 2.45) is 17.3 Å². The van der Waals surface area contributed by atoms with Crippen LogP contribution in [-0.4, -0.2) is 19.7 Å². The van der Waals surface area contributed by atoms with E-state index in [1.807, 2.05) is 7.05 Å². The predicted octanol–water partition coefficient (Wildman–Crippen LogP) is 3.16. The third kappa shape index (κ3) is 2.12. The second-order valence-electron chi connectivity index (χ2n) is 7.09. The van der Waals surface area contributed by atoms with Crippen molar-refractivity contribution in [1.82, 2.24) is 5.32 Å². The summed E-state index contributed by atoms with van der Waals surface area (Å²) in [6, 6.07) is 4.91. The third-order valence-corrected chi connectivity index (χ3v) is 5.44. The normalized spacial score (nSPS) is 37.4. The zero-order valence-corrected chi connectivity index (χ0v) is 12.0. The fourth-order valence-electron chi connectivity index (χ4n) is 4.65. The van der Waals surface area contributed by atoms with Crippen LogP contribution in [-0.2, 0) is 6.42 Å². The summed E-state index contributed by atoms with van der Waals surface area (Å²) in [7, 11) is 2.05. The first-order valence-corrected chi connectivity index (χ1v) is 7.77. The molecule has 1 aromatic rings. The average molecular weight is 275 g/mol. The van der Waals surface area contributed by atoms with Gasteiger partial charge in [0.15, 0.2) is 0 Å². The Bertz CT molecular complexity index is 520. The number of hydrogen-bond donors (Lipinski definition) is 1. The highest BCUT2D eigenvalue weighted by Crippen LogP contribution is 2.61. The Morgan fingerprint density at radius 1 is 1.35 bits per heavy atom. The molecule has 2 nitrogen and oxygen atoms in total. The number of rotatable bonds is 4. The summed E-state index contributed by atoms with van der Waals surface area (Å²) in [5.74, 6) is 2.69. The van der Waals surface area contributed by atoms with Crippen molar-refractivity contribution in [2.45, 2.75) is 38.2 Å². The van der Waals surface area contributed by atoms with Crippen molar-refractivity contribution < 1.29 is 9.13 Å². The second-order valence-corrected chi connectivity index (χ2v) is 7.09. The minimum absolute atomic E-state index is 0.153. The minimum atomic E-state index is -0.153. The van der Waals surface area contributed by atoms with Gasteiger partial charge in [-0.1, -0.05) is 0 Å². The van der Waals surface area contributed by atoms with Crippen molar-refractivity contribution in [2.75, 3.05) is 13.6 Å². The molecule has 1 aromatic carbocycles. The van der Waals surface area contributed by atoms with Crippen molar-refractivity contribution in [3.8, 4) is 5.75 Å². The van der Waals surface area contributed by atoms with E-state index in [1.54, 1.807) is 12.1 Å². The Balaban J connectivity index is 1.47. The highest BCUT2D eigenvalue weighted by Gasteiger charge is 2.54. The highest BCUT2D eigenvalue weighted by molar-refractivity contribution is 5.38. The molecule has 1 heterocycles. The molecular formula is C17H22FNO. The smallest absolute Gasteiger partial charge is 0.123 e. The van der Waals surface area contributed by atoms with Gasteiger partial charge >= 0.3 is 0 Å². The van der Waals surface area contributed by atoms with Crippen molar-refractivity contribution >= 4 is 0 Å². The number of fused-ring (bicyclic) bond motifs is 2. The molecule has 0 bridgehead atoms. The van der Waals surface area contributed by atoms with Gasteiger partial charge in [-0.25, -0.2) is 4.39 Å². The summed E-state index contributed by atoms with van der Waals surface area (Å²) >= 11 is 0. The van der Waals surface area contributed by atoms with Gasteiger partial charge < -0.3 is 10.1 Å². The molecule has 3 heteroatoms. The molecule has 3 unspecified atom stereocenters. The van der Waals surface area contributed by atoms with E-state index in [4.69, 9.17) is 4.74 Å². The molecule has 2 aliphatic carbocycles. The average Bonchev–Trinajstić information content (AvgIpc) is 2.83.